The maximum atomic E-state index is 12.6. The van der Waals surface area contributed by atoms with E-state index >= 15 is 0 Å². The summed E-state index contributed by atoms with van der Waals surface area (Å²) in [4.78, 5) is 14.6. The Bertz CT molecular complexity index is 421. The van der Waals surface area contributed by atoms with Crippen molar-refractivity contribution in [3.63, 3.8) is 0 Å². The van der Waals surface area contributed by atoms with Crippen LogP contribution in [0.5, 0.6) is 0 Å². The van der Waals surface area contributed by atoms with Gasteiger partial charge in [-0.2, -0.15) is 0 Å². The largest absolute Gasteiger partial charge is 0.338 e. The molecule has 2 rings (SSSR count). The van der Waals surface area contributed by atoms with Crippen molar-refractivity contribution in [1.29, 1.82) is 0 Å². The summed E-state index contributed by atoms with van der Waals surface area (Å²) in [6.45, 7) is 2.02. The van der Waals surface area contributed by atoms with Crippen LogP contribution in [0, 0.1) is 5.92 Å². The lowest BCUT2D eigenvalue weighted by atomic mass is 10.1. The van der Waals surface area contributed by atoms with Crippen molar-refractivity contribution in [2.24, 2.45) is 17.4 Å². The lowest BCUT2D eigenvalue weighted by Gasteiger charge is -2.26. The molecule has 0 radical (unpaired) electrons. The molecule has 110 valence electrons. The van der Waals surface area contributed by atoms with Crippen molar-refractivity contribution < 1.29 is 4.79 Å². The van der Waals surface area contributed by atoms with Crippen molar-refractivity contribution in [3.8, 4) is 0 Å². The van der Waals surface area contributed by atoms with Crippen LogP contribution < -0.4 is 11.5 Å². The summed E-state index contributed by atoms with van der Waals surface area (Å²) in [5.41, 5.74) is 12.7. The summed E-state index contributed by atoms with van der Waals surface area (Å²) in [6.07, 6.45) is 3.56. The molecule has 1 saturated carbocycles. The first kappa shape index (κ1) is 15.0. The van der Waals surface area contributed by atoms with Gasteiger partial charge in [-0.1, -0.05) is 30.3 Å². The predicted molar refractivity (Wildman–Crippen MR) is 80.8 cm³/mol. The van der Waals surface area contributed by atoms with Gasteiger partial charge < -0.3 is 16.4 Å². The zero-order valence-corrected chi connectivity index (χ0v) is 12.0. The highest BCUT2D eigenvalue weighted by molar-refractivity contribution is 5.79. The Labute approximate surface area is 121 Å². The minimum atomic E-state index is 0.103. The van der Waals surface area contributed by atoms with E-state index < -0.39 is 0 Å². The highest BCUT2D eigenvalue weighted by Crippen LogP contribution is 2.26. The predicted octanol–water partition coefficient (Wildman–Crippen LogP) is 1.49. The smallest absolute Gasteiger partial charge is 0.226 e. The van der Waals surface area contributed by atoms with E-state index in [1.54, 1.807) is 0 Å². The molecule has 20 heavy (non-hydrogen) atoms. The fourth-order valence-electron chi connectivity index (χ4n) is 2.85. The first-order valence-electron chi connectivity index (χ1n) is 7.49. The van der Waals surface area contributed by atoms with Gasteiger partial charge in [0.2, 0.25) is 5.91 Å². The normalized spacial score (nSPS) is 21.9. The number of hydrogen-bond acceptors (Lipinski definition) is 3. The van der Waals surface area contributed by atoms with Crippen molar-refractivity contribution >= 4 is 5.91 Å². The number of nitrogens with zero attached hydrogens (tertiary/aromatic N) is 1. The first-order valence-corrected chi connectivity index (χ1v) is 7.49. The summed E-state index contributed by atoms with van der Waals surface area (Å²) in [6, 6.07) is 10.3. The Morgan fingerprint density at radius 1 is 1.25 bits per heavy atom. The highest BCUT2D eigenvalue weighted by atomic mass is 16.2. The number of carbonyl (C=O) groups excluding carboxylic acids is 1. The van der Waals surface area contributed by atoms with Gasteiger partial charge in [0.25, 0.3) is 0 Å². The van der Waals surface area contributed by atoms with Crippen LogP contribution in [0.15, 0.2) is 30.3 Å². The second kappa shape index (κ2) is 7.41. The van der Waals surface area contributed by atoms with Gasteiger partial charge in [-0.3, -0.25) is 4.79 Å². The second-order valence-corrected chi connectivity index (χ2v) is 5.66. The van der Waals surface area contributed by atoms with Crippen LogP contribution in [-0.4, -0.2) is 29.9 Å². The average molecular weight is 275 g/mol. The van der Waals surface area contributed by atoms with E-state index in [9.17, 15) is 4.79 Å². The molecule has 0 spiro atoms. The van der Waals surface area contributed by atoms with Gasteiger partial charge in [-0.15, -0.1) is 0 Å². The Hall–Kier alpha value is -1.39. The summed E-state index contributed by atoms with van der Waals surface area (Å²) in [5.74, 6) is 0.349. The maximum absolute atomic E-state index is 12.6. The van der Waals surface area contributed by atoms with Gasteiger partial charge in [0, 0.05) is 25.0 Å². The molecule has 0 aliphatic heterocycles. The van der Waals surface area contributed by atoms with Gasteiger partial charge in [-0.05, 0) is 37.8 Å². The van der Waals surface area contributed by atoms with E-state index in [1.165, 1.54) is 5.56 Å². The summed E-state index contributed by atoms with van der Waals surface area (Å²) in [7, 11) is 0. The van der Waals surface area contributed by atoms with Crippen LogP contribution in [0.2, 0.25) is 0 Å². The first-order chi connectivity index (χ1) is 9.70. The Morgan fingerprint density at radius 2 is 2.00 bits per heavy atom. The van der Waals surface area contributed by atoms with E-state index in [2.05, 4.69) is 12.1 Å². The van der Waals surface area contributed by atoms with Gasteiger partial charge in [0.1, 0.15) is 0 Å². The number of hydrogen-bond donors (Lipinski definition) is 2. The van der Waals surface area contributed by atoms with E-state index in [0.717, 1.165) is 32.2 Å². The second-order valence-electron chi connectivity index (χ2n) is 5.66. The lowest BCUT2D eigenvalue weighted by molar-refractivity contribution is -0.136. The fourth-order valence-corrected chi connectivity index (χ4v) is 2.85. The molecule has 4 nitrogen and oxygen atoms in total. The molecule has 0 saturated heterocycles. The number of benzene rings is 1. The molecule has 2 atom stereocenters. The highest BCUT2D eigenvalue weighted by Gasteiger charge is 2.30. The molecule has 1 aliphatic carbocycles. The van der Waals surface area contributed by atoms with Gasteiger partial charge >= 0.3 is 0 Å². The Kier molecular flexibility index (Phi) is 5.56. The molecule has 1 aromatic carbocycles. The molecule has 1 aliphatic rings. The third kappa shape index (κ3) is 4.05. The SMILES string of the molecule is NCCCN(Cc1ccccc1)C(=O)C1CCC(N)C1. The van der Waals surface area contributed by atoms with Gasteiger partial charge in [0.05, 0.1) is 0 Å². The molecule has 4 N–H and O–H groups in total. The molecule has 2 unspecified atom stereocenters. The van der Waals surface area contributed by atoms with Gasteiger partial charge in [0.15, 0.2) is 0 Å². The monoisotopic (exact) mass is 275 g/mol. The average Bonchev–Trinajstić information content (AvgIpc) is 2.90. The van der Waals surface area contributed by atoms with E-state index in [1.807, 2.05) is 23.1 Å². The standard InChI is InChI=1S/C16H25N3O/c17-9-4-10-19(12-13-5-2-1-3-6-13)16(20)14-7-8-15(18)11-14/h1-3,5-6,14-15H,4,7-12,17-18H2. The van der Waals surface area contributed by atoms with Gasteiger partial charge in [-0.25, -0.2) is 0 Å². The number of amides is 1. The lowest BCUT2D eigenvalue weighted by Crippen LogP contribution is -2.36. The van der Waals surface area contributed by atoms with Crippen LogP contribution >= 0.6 is 0 Å². The molecule has 1 fully saturated rings. The zero-order chi connectivity index (χ0) is 14.4. The number of rotatable bonds is 6. The molecule has 1 amide bonds. The van der Waals surface area contributed by atoms with E-state index in [4.69, 9.17) is 11.5 Å². The molecule has 0 heterocycles. The Morgan fingerprint density at radius 3 is 2.60 bits per heavy atom. The third-order valence-electron chi connectivity index (χ3n) is 3.98. The zero-order valence-electron chi connectivity index (χ0n) is 12.0. The minimum Gasteiger partial charge on any atom is -0.338 e. The summed E-state index contributed by atoms with van der Waals surface area (Å²) in [5, 5.41) is 0. The molecule has 4 heteroatoms. The number of carbonyl (C=O) groups is 1. The molecule has 0 aromatic heterocycles. The van der Waals surface area contributed by atoms with Crippen LogP contribution in [0.3, 0.4) is 0 Å². The topological polar surface area (TPSA) is 72.3 Å². The number of nitrogens with two attached hydrogens (primary N) is 2. The molecular weight excluding hydrogens is 250 g/mol. The third-order valence-corrected chi connectivity index (χ3v) is 3.98. The van der Waals surface area contributed by atoms with Crippen LogP contribution in [-0.2, 0) is 11.3 Å². The molecular formula is C16H25N3O. The Balaban J connectivity index is 2.00. The van der Waals surface area contributed by atoms with Crippen molar-refractivity contribution in [2.45, 2.75) is 38.3 Å². The van der Waals surface area contributed by atoms with E-state index in [0.29, 0.717) is 13.1 Å². The van der Waals surface area contributed by atoms with Crippen molar-refractivity contribution in [2.75, 3.05) is 13.1 Å². The van der Waals surface area contributed by atoms with E-state index in [-0.39, 0.29) is 17.9 Å². The van der Waals surface area contributed by atoms with Crippen molar-refractivity contribution in [3.05, 3.63) is 35.9 Å². The summed E-state index contributed by atoms with van der Waals surface area (Å²) < 4.78 is 0. The quantitative estimate of drug-likeness (QED) is 0.826. The molecule has 1 aromatic rings. The fraction of sp³-hybridized carbons (Fsp3) is 0.562. The van der Waals surface area contributed by atoms with Crippen LogP contribution in [0.4, 0.5) is 0 Å². The van der Waals surface area contributed by atoms with Crippen molar-refractivity contribution in [1.82, 2.24) is 4.90 Å². The minimum absolute atomic E-state index is 0.103. The van der Waals surface area contributed by atoms with Crippen LogP contribution in [0.25, 0.3) is 0 Å². The van der Waals surface area contributed by atoms with Crippen LogP contribution in [0.1, 0.15) is 31.2 Å². The maximum Gasteiger partial charge on any atom is 0.226 e. The summed E-state index contributed by atoms with van der Waals surface area (Å²) >= 11 is 0. The molecule has 0 bridgehead atoms.